The Kier molecular flexibility index (Phi) is 6.50. The summed E-state index contributed by atoms with van der Waals surface area (Å²) in [5.41, 5.74) is 0. The molecule has 8 heavy (non-hydrogen) atoms. The smallest absolute Gasteiger partial charge is 0.408 e. The van der Waals surface area contributed by atoms with E-state index in [1.54, 1.807) is 0 Å². The molecule has 49 valence electrons. The van der Waals surface area contributed by atoms with E-state index in [1.165, 1.54) is 0 Å². The Balaban J connectivity index is 0. The van der Waals surface area contributed by atoms with Gasteiger partial charge in [-0.25, -0.2) is 0 Å². The number of hydrogen-bond donors (Lipinski definition) is 0. The van der Waals surface area contributed by atoms with Crippen molar-refractivity contribution in [1.29, 1.82) is 0 Å². The first-order valence-corrected chi connectivity index (χ1v) is 7.55. The summed E-state index contributed by atoms with van der Waals surface area (Å²) >= 11 is 0.271. The first kappa shape index (κ1) is 11.5. The fourth-order valence-corrected chi connectivity index (χ4v) is 3.18. The van der Waals surface area contributed by atoms with Gasteiger partial charge in [0, 0.05) is 0 Å². The van der Waals surface area contributed by atoms with Crippen molar-refractivity contribution in [3.05, 3.63) is 0 Å². The van der Waals surface area contributed by atoms with Gasteiger partial charge < -0.3 is 8.95 Å². The highest BCUT2D eigenvalue weighted by molar-refractivity contribution is 6.73. The molecular formula is C4H14AlO2Si. The quantitative estimate of drug-likeness (QED) is 0.532. The molecule has 0 bridgehead atoms. The van der Waals surface area contributed by atoms with Crippen molar-refractivity contribution in [2.24, 2.45) is 0 Å². The Morgan fingerprint density at radius 3 is 1.62 bits per heavy atom. The first-order chi connectivity index (χ1) is 3.06. The molecule has 0 atom stereocenters. The van der Waals surface area contributed by atoms with Gasteiger partial charge >= 0.3 is 15.6 Å². The fraction of sp³-hybridized carbons (Fsp3) is 1.00. The lowest BCUT2D eigenvalue weighted by Crippen LogP contribution is -2.26. The average Bonchev–Trinajstić information content (AvgIpc) is 1.30. The van der Waals surface area contributed by atoms with Gasteiger partial charge in [0.05, 0.1) is 0 Å². The highest BCUT2D eigenvalue weighted by Crippen LogP contribution is 1.99. The molecule has 0 saturated heterocycles. The van der Waals surface area contributed by atoms with E-state index in [0.717, 1.165) is 0 Å². The SMILES string of the molecule is O.[CH3][Al][O][Si](C)(C)C. The molecule has 0 spiro atoms. The molecule has 0 aromatic rings. The summed E-state index contributed by atoms with van der Waals surface area (Å²) < 4.78 is 5.45. The number of hydrogen-bond acceptors (Lipinski definition) is 1. The van der Waals surface area contributed by atoms with Gasteiger partial charge in [-0.1, -0.05) is 5.79 Å². The van der Waals surface area contributed by atoms with E-state index in [2.05, 4.69) is 25.4 Å². The van der Waals surface area contributed by atoms with Crippen LogP contribution in [0.25, 0.3) is 0 Å². The molecule has 1 radical (unpaired) electrons. The summed E-state index contributed by atoms with van der Waals surface area (Å²) in [4.78, 5) is 0. The molecule has 0 unspecified atom stereocenters. The monoisotopic (exact) mass is 149 g/mol. The van der Waals surface area contributed by atoms with Crippen LogP contribution in [0.3, 0.4) is 0 Å². The molecule has 0 rings (SSSR count). The van der Waals surface area contributed by atoms with Gasteiger partial charge in [0.1, 0.15) is 0 Å². The van der Waals surface area contributed by atoms with E-state index in [1.807, 2.05) is 0 Å². The van der Waals surface area contributed by atoms with Crippen LogP contribution >= 0.6 is 0 Å². The molecule has 0 aliphatic carbocycles. The summed E-state index contributed by atoms with van der Waals surface area (Å²) in [6, 6.07) is 0. The maximum atomic E-state index is 5.45. The van der Waals surface area contributed by atoms with Crippen molar-refractivity contribution in [2.75, 3.05) is 0 Å². The lowest BCUT2D eigenvalue weighted by molar-refractivity contribution is 0.603. The molecule has 0 aromatic heterocycles. The van der Waals surface area contributed by atoms with E-state index < -0.39 is 8.32 Å². The summed E-state index contributed by atoms with van der Waals surface area (Å²) in [7, 11) is -1.12. The summed E-state index contributed by atoms with van der Waals surface area (Å²) in [6.45, 7) is 6.64. The minimum Gasteiger partial charge on any atom is -0.552 e. The van der Waals surface area contributed by atoms with E-state index >= 15 is 0 Å². The third-order valence-corrected chi connectivity index (χ3v) is 4.24. The Morgan fingerprint density at radius 1 is 1.25 bits per heavy atom. The van der Waals surface area contributed by atoms with Crippen molar-refractivity contribution in [1.82, 2.24) is 0 Å². The fourth-order valence-electron chi connectivity index (χ4n) is 0.354. The molecule has 2 N–H and O–H groups in total. The molecule has 0 saturated carbocycles. The van der Waals surface area contributed by atoms with E-state index in [4.69, 9.17) is 3.48 Å². The predicted octanol–water partition coefficient (Wildman–Crippen LogP) is 0.680. The van der Waals surface area contributed by atoms with Crippen LogP contribution < -0.4 is 0 Å². The summed E-state index contributed by atoms with van der Waals surface area (Å²) in [5, 5.41) is 0. The molecule has 0 fully saturated rings. The Bertz CT molecular complexity index is 52.5. The van der Waals surface area contributed by atoms with E-state index in [9.17, 15) is 0 Å². The van der Waals surface area contributed by atoms with Gasteiger partial charge in [0.2, 0.25) is 0 Å². The Morgan fingerprint density at radius 2 is 1.62 bits per heavy atom. The molecule has 2 nitrogen and oxygen atoms in total. The Hall–Kier alpha value is 0.669. The molecule has 0 aliphatic heterocycles. The summed E-state index contributed by atoms with van der Waals surface area (Å²) in [6.07, 6.45) is 0. The van der Waals surface area contributed by atoms with Crippen molar-refractivity contribution >= 4 is 23.9 Å². The summed E-state index contributed by atoms with van der Waals surface area (Å²) in [5.74, 6) is 2.12. The van der Waals surface area contributed by atoms with Gasteiger partial charge in [0.25, 0.3) is 0 Å². The third-order valence-electron chi connectivity index (χ3n) is 0.471. The highest BCUT2D eigenvalue weighted by Gasteiger charge is 2.10. The van der Waals surface area contributed by atoms with Crippen LogP contribution in [0.5, 0.6) is 0 Å². The van der Waals surface area contributed by atoms with E-state index in [-0.39, 0.29) is 21.0 Å². The maximum absolute atomic E-state index is 5.45. The van der Waals surface area contributed by atoms with Crippen molar-refractivity contribution in [3.63, 3.8) is 0 Å². The van der Waals surface area contributed by atoms with E-state index in [0.29, 0.717) is 0 Å². The molecular weight excluding hydrogens is 135 g/mol. The van der Waals surface area contributed by atoms with Crippen LogP contribution in [0, 0.1) is 0 Å². The second kappa shape index (κ2) is 4.54. The number of rotatable bonds is 2. The van der Waals surface area contributed by atoms with Crippen molar-refractivity contribution in [3.8, 4) is 0 Å². The van der Waals surface area contributed by atoms with Gasteiger partial charge in [0.15, 0.2) is 8.32 Å². The van der Waals surface area contributed by atoms with Gasteiger partial charge in [-0.2, -0.15) is 0 Å². The zero-order valence-electron chi connectivity index (χ0n) is 5.99. The van der Waals surface area contributed by atoms with Crippen LogP contribution in [0.15, 0.2) is 0 Å². The topological polar surface area (TPSA) is 40.7 Å². The molecule has 0 heterocycles. The van der Waals surface area contributed by atoms with Crippen molar-refractivity contribution < 1.29 is 8.95 Å². The normalized spacial score (nSPS) is 10.0. The van der Waals surface area contributed by atoms with Gasteiger partial charge in [-0.05, 0) is 19.6 Å². The highest BCUT2D eigenvalue weighted by atomic mass is 28.4. The predicted molar refractivity (Wildman–Crippen MR) is 39.7 cm³/mol. The molecule has 0 aliphatic rings. The van der Waals surface area contributed by atoms with Crippen LogP contribution in [0.2, 0.25) is 25.4 Å². The molecule has 0 aromatic carbocycles. The minimum atomic E-state index is -1.12. The van der Waals surface area contributed by atoms with Crippen LogP contribution in [-0.4, -0.2) is 29.3 Å². The van der Waals surface area contributed by atoms with Crippen molar-refractivity contribution in [2.45, 2.75) is 25.4 Å². The zero-order chi connectivity index (χ0) is 5.91. The molecule has 4 heteroatoms. The van der Waals surface area contributed by atoms with Crippen LogP contribution in [-0.2, 0) is 3.48 Å². The second-order valence-corrected chi connectivity index (χ2v) is 8.10. The third kappa shape index (κ3) is 9.83. The maximum Gasteiger partial charge on any atom is 0.408 e. The van der Waals surface area contributed by atoms with Crippen LogP contribution in [0.1, 0.15) is 0 Å². The average molecular weight is 149 g/mol. The van der Waals surface area contributed by atoms with Crippen LogP contribution in [0.4, 0.5) is 0 Å². The van der Waals surface area contributed by atoms with Gasteiger partial charge in [-0.3, -0.25) is 0 Å². The van der Waals surface area contributed by atoms with Gasteiger partial charge in [-0.15, -0.1) is 0 Å². The lowest BCUT2D eigenvalue weighted by Gasteiger charge is -2.16. The largest absolute Gasteiger partial charge is 0.552 e. The zero-order valence-corrected chi connectivity index (χ0v) is 8.14. The minimum absolute atomic E-state index is 0. The standard InChI is InChI=1S/C3H9OSi.CH3.Al.H2O/c1-5(2,3)4;;;/h1-3H3;1H3;;1H2/q-1;;+1;. The molecule has 0 amide bonds. The second-order valence-electron chi connectivity index (χ2n) is 2.47. The lowest BCUT2D eigenvalue weighted by atomic mass is 11.8. The first-order valence-electron chi connectivity index (χ1n) is 2.52. The Labute approximate surface area is 58.7 Å².